The molecule has 0 unspecified atom stereocenters. The molecule has 0 saturated heterocycles. The van der Waals surface area contributed by atoms with Crippen molar-refractivity contribution in [1.82, 2.24) is 9.97 Å². The predicted octanol–water partition coefficient (Wildman–Crippen LogP) is 0.390. The standard InChI is InChI=1S/C18H17N3O3S.ClH/c1-2-25(23,24)14-8-9-17(22)16(10-14)21-18-11-15(19-12-20-18)13-6-4-3-5-7-13;/h3-12,22H,2H2,1H3,(H,19,20,21);1H/p-1. The van der Waals surface area contributed by atoms with Crippen LogP contribution >= 0.6 is 0 Å². The van der Waals surface area contributed by atoms with Gasteiger partial charge < -0.3 is 22.8 Å². The third-order valence-electron chi connectivity index (χ3n) is 3.71. The van der Waals surface area contributed by atoms with Crippen molar-refractivity contribution in [1.29, 1.82) is 0 Å². The van der Waals surface area contributed by atoms with Crippen LogP contribution in [-0.4, -0.2) is 29.2 Å². The quantitative estimate of drug-likeness (QED) is 0.612. The summed E-state index contributed by atoms with van der Waals surface area (Å²) in [7, 11) is -3.36. The molecule has 0 radical (unpaired) electrons. The van der Waals surface area contributed by atoms with Crippen molar-refractivity contribution in [2.75, 3.05) is 11.1 Å². The minimum Gasteiger partial charge on any atom is -1.00 e. The van der Waals surface area contributed by atoms with Crippen molar-refractivity contribution in [3.8, 4) is 17.0 Å². The van der Waals surface area contributed by atoms with Crippen LogP contribution in [0.25, 0.3) is 11.3 Å². The molecule has 0 saturated carbocycles. The van der Waals surface area contributed by atoms with Gasteiger partial charge in [-0.3, -0.25) is 0 Å². The first-order chi connectivity index (χ1) is 12.0. The van der Waals surface area contributed by atoms with Crippen LogP contribution < -0.4 is 17.7 Å². The number of nitrogens with zero attached hydrogens (tertiary/aromatic N) is 2. The van der Waals surface area contributed by atoms with E-state index in [-0.39, 0.29) is 34.5 Å². The van der Waals surface area contributed by atoms with E-state index in [1.54, 1.807) is 13.0 Å². The highest BCUT2D eigenvalue weighted by atomic mass is 35.5. The van der Waals surface area contributed by atoms with Crippen LogP contribution in [0.2, 0.25) is 0 Å². The van der Waals surface area contributed by atoms with Crippen molar-refractivity contribution in [3.63, 3.8) is 0 Å². The Morgan fingerprint density at radius 3 is 2.46 bits per heavy atom. The van der Waals surface area contributed by atoms with Gasteiger partial charge in [-0.25, -0.2) is 18.4 Å². The number of nitrogens with one attached hydrogen (secondary N) is 1. The van der Waals surface area contributed by atoms with Crippen LogP contribution in [0.15, 0.2) is 65.8 Å². The molecule has 0 fully saturated rings. The summed E-state index contributed by atoms with van der Waals surface area (Å²) in [5.74, 6) is 0.383. The molecule has 0 atom stereocenters. The van der Waals surface area contributed by atoms with E-state index in [0.29, 0.717) is 5.82 Å². The summed E-state index contributed by atoms with van der Waals surface area (Å²) in [6.45, 7) is 1.58. The summed E-state index contributed by atoms with van der Waals surface area (Å²) in [6.07, 6.45) is 1.41. The third kappa shape index (κ3) is 4.30. The van der Waals surface area contributed by atoms with E-state index in [1.807, 2.05) is 30.3 Å². The highest BCUT2D eigenvalue weighted by Gasteiger charge is 2.14. The van der Waals surface area contributed by atoms with E-state index in [9.17, 15) is 13.5 Å². The van der Waals surface area contributed by atoms with Gasteiger partial charge in [0, 0.05) is 11.6 Å². The summed E-state index contributed by atoms with van der Waals surface area (Å²) in [5.41, 5.74) is 1.92. The predicted molar refractivity (Wildman–Crippen MR) is 96.6 cm³/mol. The number of halogens is 1. The topological polar surface area (TPSA) is 92.2 Å². The Labute approximate surface area is 158 Å². The molecule has 0 amide bonds. The van der Waals surface area contributed by atoms with Gasteiger partial charge in [0.2, 0.25) is 0 Å². The molecule has 3 aromatic rings. The molecule has 1 aromatic heterocycles. The minimum absolute atomic E-state index is 0. The molecule has 6 nitrogen and oxygen atoms in total. The smallest absolute Gasteiger partial charge is 0.178 e. The molecule has 0 spiro atoms. The number of anilines is 2. The lowest BCUT2D eigenvalue weighted by Gasteiger charge is -2.10. The molecule has 2 N–H and O–H groups in total. The average Bonchev–Trinajstić information content (AvgIpc) is 2.64. The van der Waals surface area contributed by atoms with Crippen LogP contribution in [0.1, 0.15) is 6.92 Å². The Balaban J connectivity index is 0.00000243. The fourth-order valence-corrected chi connectivity index (χ4v) is 3.21. The minimum atomic E-state index is -3.36. The van der Waals surface area contributed by atoms with Gasteiger partial charge in [-0.2, -0.15) is 0 Å². The number of aromatic hydroxyl groups is 1. The summed E-state index contributed by atoms with van der Waals surface area (Å²) in [4.78, 5) is 8.51. The molecule has 8 heteroatoms. The molecule has 3 rings (SSSR count). The van der Waals surface area contributed by atoms with Gasteiger partial charge in [-0.05, 0) is 18.2 Å². The first-order valence-electron chi connectivity index (χ1n) is 7.70. The average molecular weight is 391 g/mol. The van der Waals surface area contributed by atoms with E-state index in [2.05, 4.69) is 15.3 Å². The Kier molecular flexibility index (Phi) is 6.18. The number of aromatic nitrogens is 2. The second-order valence-corrected chi connectivity index (χ2v) is 7.64. The monoisotopic (exact) mass is 390 g/mol. The van der Waals surface area contributed by atoms with Gasteiger partial charge >= 0.3 is 0 Å². The maximum absolute atomic E-state index is 12.0. The van der Waals surface area contributed by atoms with Crippen LogP contribution in [-0.2, 0) is 9.84 Å². The Bertz CT molecular complexity index is 996. The summed E-state index contributed by atoms with van der Waals surface area (Å²) in [6, 6.07) is 15.5. The third-order valence-corrected chi connectivity index (χ3v) is 5.44. The van der Waals surface area contributed by atoms with Crippen LogP contribution in [0.5, 0.6) is 5.75 Å². The first kappa shape index (κ1) is 19.7. The van der Waals surface area contributed by atoms with Gasteiger partial charge in [-0.1, -0.05) is 37.3 Å². The van der Waals surface area contributed by atoms with Gasteiger partial charge in [0.15, 0.2) is 9.84 Å². The fraction of sp³-hybridized carbons (Fsp3) is 0.111. The maximum Gasteiger partial charge on any atom is 0.178 e. The van der Waals surface area contributed by atoms with Crippen molar-refractivity contribution < 1.29 is 25.9 Å². The van der Waals surface area contributed by atoms with Crippen LogP contribution in [0.3, 0.4) is 0 Å². The summed E-state index contributed by atoms with van der Waals surface area (Å²) < 4.78 is 24.0. The Morgan fingerprint density at radius 2 is 1.77 bits per heavy atom. The first-order valence-corrected chi connectivity index (χ1v) is 9.35. The number of hydrogen-bond acceptors (Lipinski definition) is 6. The van der Waals surface area contributed by atoms with Crippen molar-refractivity contribution in [3.05, 3.63) is 60.9 Å². The molecular formula is C18H17ClN3O3S-. The molecule has 1 heterocycles. The van der Waals surface area contributed by atoms with Crippen molar-refractivity contribution in [2.24, 2.45) is 0 Å². The molecule has 26 heavy (non-hydrogen) atoms. The molecular weight excluding hydrogens is 374 g/mol. The van der Waals surface area contributed by atoms with E-state index in [1.165, 1.54) is 24.5 Å². The zero-order valence-electron chi connectivity index (χ0n) is 13.9. The second-order valence-electron chi connectivity index (χ2n) is 5.36. The lowest BCUT2D eigenvalue weighted by Crippen LogP contribution is -3.00. The fourth-order valence-electron chi connectivity index (χ4n) is 2.31. The summed E-state index contributed by atoms with van der Waals surface area (Å²) in [5, 5.41) is 13.0. The van der Waals surface area contributed by atoms with Crippen molar-refractivity contribution >= 4 is 21.3 Å². The van der Waals surface area contributed by atoms with E-state index in [0.717, 1.165) is 11.3 Å². The Morgan fingerprint density at radius 1 is 1.04 bits per heavy atom. The van der Waals surface area contributed by atoms with Gasteiger partial charge in [0.1, 0.15) is 17.9 Å². The lowest BCUT2D eigenvalue weighted by molar-refractivity contribution is -0.00000851. The van der Waals surface area contributed by atoms with Crippen LogP contribution in [0.4, 0.5) is 11.5 Å². The van der Waals surface area contributed by atoms with Gasteiger partial charge in [0.05, 0.1) is 22.0 Å². The van der Waals surface area contributed by atoms with Crippen molar-refractivity contribution in [2.45, 2.75) is 11.8 Å². The van der Waals surface area contributed by atoms with Gasteiger partial charge in [-0.15, -0.1) is 0 Å². The molecule has 0 aliphatic carbocycles. The van der Waals surface area contributed by atoms with Crippen LogP contribution in [0, 0.1) is 0 Å². The highest BCUT2D eigenvalue weighted by Crippen LogP contribution is 2.30. The largest absolute Gasteiger partial charge is 1.00 e. The number of rotatable bonds is 5. The number of hydrogen-bond donors (Lipinski definition) is 2. The summed E-state index contributed by atoms with van der Waals surface area (Å²) >= 11 is 0. The zero-order chi connectivity index (χ0) is 17.9. The maximum atomic E-state index is 12.0. The van der Waals surface area contributed by atoms with E-state index >= 15 is 0 Å². The molecule has 0 aliphatic heterocycles. The van der Waals surface area contributed by atoms with E-state index < -0.39 is 9.84 Å². The molecule has 136 valence electrons. The SMILES string of the molecule is CCS(=O)(=O)c1ccc(O)c(Nc2cc(-c3ccccc3)ncn2)c1.[Cl-]. The Hall–Kier alpha value is -2.64. The van der Waals surface area contributed by atoms with E-state index in [4.69, 9.17) is 0 Å². The second kappa shape index (κ2) is 8.16. The molecule has 2 aromatic carbocycles. The lowest BCUT2D eigenvalue weighted by atomic mass is 10.1. The van der Waals surface area contributed by atoms with Gasteiger partial charge in [0.25, 0.3) is 0 Å². The number of benzene rings is 2. The number of phenolic OH excluding ortho intramolecular Hbond substituents is 1. The molecule has 0 aliphatic rings. The normalized spacial score (nSPS) is 10.8. The number of sulfone groups is 1. The number of phenols is 1. The zero-order valence-corrected chi connectivity index (χ0v) is 15.5. The highest BCUT2D eigenvalue weighted by molar-refractivity contribution is 7.91. The molecule has 0 bridgehead atoms.